The van der Waals surface area contributed by atoms with Crippen molar-refractivity contribution in [2.24, 2.45) is 5.92 Å². The smallest absolute Gasteiger partial charge is 0.259 e. The summed E-state index contributed by atoms with van der Waals surface area (Å²) in [5, 5.41) is 4.64. The van der Waals surface area contributed by atoms with Crippen LogP contribution >= 0.6 is 11.6 Å². The largest absolute Gasteiger partial charge is 0.482 e. The molecule has 0 bridgehead atoms. The summed E-state index contributed by atoms with van der Waals surface area (Å²) in [7, 11) is 3.70. The lowest BCUT2D eigenvalue weighted by Crippen LogP contribution is -2.55. The molecule has 1 aromatic heterocycles. The van der Waals surface area contributed by atoms with Crippen LogP contribution < -0.4 is 10.1 Å². The second-order valence-corrected chi connectivity index (χ2v) is 13.1. The summed E-state index contributed by atoms with van der Waals surface area (Å²) in [4.78, 5) is 32.5. The molecule has 0 saturated carbocycles. The summed E-state index contributed by atoms with van der Waals surface area (Å²) in [5.74, 6) is 0.442. The van der Waals surface area contributed by atoms with Gasteiger partial charge in [-0.3, -0.25) is 9.59 Å². The van der Waals surface area contributed by atoms with E-state index >= 15 is 0 Å². The molecule has 2 amide bonds. The Morgan fingerprint density at radius 3 is 2.36 bits per heavy atom. The van der Waals surface area contributed by atoms with Crippen molar-refractivity contribution < 1.29 is 23.5 Å². The van der Waals surface area contributed by atoms with E-state index in [9.17, 15) is 14.0 Å². The number of nitrogens with zero attached hydrogens (tertiary/aromatic N) is 3. The van der Waals surface area contributed by atoms with Crippen molar-refractivity contribution in [2.75, 3.05) is 53.6 Å². The lowest BCUT2D eigenvalue weighted by molar-refractivity contribution is -0.129. The maximum atomic E-state index is 14.3. The number of nitrogens with one attached hydrogen (secondary N) is 1. The summed E-state index contributed by atoms with van der Waals surface area (Å²) in [5.41, 5.74) is 1.35. The highest BCUT2D eigenvalue weighted by atomic mass is 35.5. The van der Waals surface area contributed by atoms with Crippen LogP contribution in [0.15, 0.2) is 42.5 Å². The minimum atomic E-state index is -0.849. The number of amides is 2. The lowest BCUT2D eigenvalue weighted by atomic mass is 9.71. The average molecular weight is 625 g/mol. The number of ether oxygens (including phenoxy) is 2. The van der Waals surface area contributed by atoms with Gasteiger partial charge >= 0.3 is 0 Å². The van der Waals surface area contributed by atoms with Gasteiger partial charge in [-0.05, 0) is 100 Å². The third-order valence-electron chi connectivity index (χ3n) is 9.96. The second-order valence-electron chi connectivity index (χ2n) is 12.6. The van der Waals surface area contributed by atoms with Gasteiger partial charge in [0.1, 0.15) is 11.4 Å². The number of halogens is 2. The Morgan fingerprint density at radius 1 is 1.02 bits per heavy atom. The third kappa shape index (κ3) is 6.06. The highest BCUT2D eigenvalue weighted by molar-refractivity contribution is 6.31. The summed E-state index contributed by atoms with van der Waals surface area (Å²) >= 11 is 6.45. The number of methoxy groups -OCH3 is 1. The lowest BCUT2D eigenvalue weighted by Gasteiger charge is -2.42. The molecule has 0 aliphatic carbocycles. The molecule has 236 valence electrons. The van der Waals surface area contributed by atoms with E-state index in [0.29, 0.717) is 48.3 Å². The fourth-order valence-electron chi connectivity index (χ4n) is 7.23. The first-order chi connectivity index (χ1) is 21.3. The minimum Gasteiger partial charge on any atom is -0.482 e. The maximum absolute atomic E-state index is 14.3. The summed E-state index contributed by atoms with van der Waals surface area (Å²) < 4.78 is 27.6. The van der Waals surface area contributed by atoms with Crippen molar-refractivity contribution in [3.63, 3.8) is 0 Å². The molecular weight excluding hydrogens is 583 g/mol. The maximum Gasteiger partial charge on any atom is 0.259 e. The zero-order valence-electron chi connectivity index (χ0n) is 25.6. The Bertz CT molecular complexity index is 1490. The Labute approximate surface area is 263 Å². The summed E-state index contributed by atoms with van der Waals surface area (Å²) in [6.07, 6.45) is 4.58. The molecule has 0 spiro atoms. The second kappa shape index (κ2) is 13.1. The first-order valence-electron chi connectivity index (χ1n) is 15.8. The molecule has 44 heavy (non-hydrogen) atoms. The van der Waals surface area contributed by atoms with Gasteiger partial charge in [-0.1, -0.05) is 23.7 Å². The van der Waals surface area contributed by atoms with Crippen LogP contribution in [0.25, 0.3) is 10.9 Å². The molecule has 10 heteroatoms. The molecule has 3 aliphatic heterocycles. The van der Waals surface area contributed by atoms with Gasteiger partial charge in [0.15, 0.2) is 0 Å². The molecule has 3 aromatic rings. The first kappa shape index (κ1) is 30.9. The van der Waals surface area contributed by atoms with E-state index in [1.54, 1.807) is 19.2 Å². The number of carbonyl (C=O) groups excluding carboxylic acids is 2. The van der Waals surface area contributed by atoms with E-state index in [0.717, 1.165) is 75.0 Å². The standard InChI is InChI=1S/C34H42ClFN4O4/c1-38-15-9-27(10-16-38)37-33(42)34(24-3-6-26(36)7-4-24)13-17-39(18-14-34)31(41)30-28-21-25(35)5-8-29(28)40(32(30)43-2)22-23-11-19-44-20-12-23/h3-8,21,23,27H,9-20,22H2,1-2H3,(H,37,42). The zero-order chi connectivity index (χ0) is 30.8. The number of hydrogen-bond donors (Lipinski definition) is 1. The molecule has 6 rings (SSSR count). The molecule has 0 unspecified atom stereocenters. The number of aromatic nitrogens is 1. The Balaban J connectivity index is 1.28. The predicted molar refractivity (Wildman–Crippen MR) is 169 cm³/mol. The monoisotopic (exact) mass is 624 g/mol. The Morgan fingerprint density at radius 2 is 1.70 bits per heavy atom. The van der Waals surface area contributed by atoms with Crippen LogP contribution in [0.4, 0.5) is 4.39 Å². The number of hydrogen-bond acceptors (Lipinski definition) is 5. The van der Waals surface area contributed by atoms with Crippen LogP contribution in [0.2, 0.25) is 5.02 Å². The molecule has 3 saturated heterocycles. The molecule has 3 fully saturated rings. The number of likely N-dealkylation sites (tertiary alicyclic amines) is 2. The zero-order valence-corrected chi connectivity index (χ0v) is 26.4. The molecule has 4 heterocycles. The van der Waals surface area contributed by atoms with Crippen molar-refractivity contribution >= 4 is 34.3 Å². The molecule has 3 aliphatic rings. The van der Waals surface area contributed by atoms with Crippen LogP contribution in [0.5, 0.6) is 5.88 Å². The fraction of sp³-hybridized carbons (Fsp3) is 0.529. The topological polar surface area (TPSA) is 76.0 Å². The van der Waals surface area contributed by atoms with Crippen molar-refractivity contribution in [1.29, 1.82) is 0 Å². The van der Waals surface area contributed by atoms with Gasteiger partial charge in [0.05, 0.1) is 18.0 Å². The van der Waals surface area contributed by atoms with E-state index in [-0.39, 0.29) is 23.7 Å². The van der Waals surface area contributed by atoms with Crippen LogP contribution in [-0.4, -0.2) is 85.8 Å². The number of rotatable bonds is 7. The van der Waals surface area contributed by atoms with Gasteiger partial charge in [-0.15, -0.1) is 0 Å². The van der Waals surface area contributed by atoms with E-state index < -0.39 is 5.41 Å². The van der Waals surface area contributed by atoms with Gasteiger partial charge in [-0.25, -0.2) is 4.39 Å². The summed E-state index contributed by atoms with van der Waals surface area (Å²) in [6.45, 7) is 4.83. The molecular formula is C34H42ClFN4O4. The van der Waals surface area contributed by atoms with Gasteiger partial charge in [0, 0.05) is 49.3 Å². The molecule has 0 atom stereocenters. The number of fused-ring (bicyclic) bond motifs is 1. The normalized spacial score (nSPS) is 20.1. The minimum absolute atomic E-state index is 0.0387. The van der Waals surface area contributed by atoms with E-state index in [1.807, 2.05) is 23.1 Å². The van der Waals surface area contributed by atoms with Gasteiger partial charge < -0.3 is 29.2 Å². The number of carbonyl (C=O) groups is 2. The van der Waals surface area contributed by atoms with E-state index in [1.165, 1.54) is 12.1 Å². The first-order valence-corrected chi connectivity index (χ1v) is 16.1. The van der Waals surface area contributed by atoms with Crippen molar-refractivity contribution in [3.05, 3.63) is 64.4 Å². The van der Waals surface area contributed by atoms with Crippen molar-refractivity contribution in [1.82, 2.24) is 19.7 Å². The molecule has 1 N–H and O–H groups in total. The fourth-order valence-corrected chi connectivity index (χ4v) is 7.40. The van der Waals surface area contributed by atoms with Crippen molar-refractivity contribution in [3.8, 4) is 5.88 Å². The molecule has 2 aromatic carbocycles. The Kier molecular flexibility index (Phi) is 9.17. The highest BCUT2D eigenvalue weighted by Gasteiger charge is 2.45. The molecule has 8 nitrogen and oxygen atoms in total. The van der Waals surface area contributed by atoms with E-state index in [2.05, 4.69) is 21.8 Å². The van der Waals surface area contributed by atoms with Gasteiger partial charge in [0.2, 0.25) is 11.8 Å². The van der Waals surface area contributed by atoms with Crippen LogP contribution in [-0.2, 0) is 21.5 Å². The third-order valence-corrected chi connectivity index (χ3v) is 10.2. The van der Waals surface area contributed by atoms with Crippen LogP contribution in [0, 0.1) is 11.7 Å². The van der Waals surface area contributed by atoms with Gasteiger partial charge in [0.25, 0.3) is 5.91 Å². The number of piperidine rings is 2. The van der Waals surface area contributed by atoms with Crippen LogP contribution in [0.3, 0.4) is 0 Å². The molecule has 0 radical (unpaired) electrons. The average Bonchev–Trinajstić information content (AvgIpc) is 3.34. The quantitative estimate of drug-likeness (QED) is 0.389. The highest BCUT2D eigenvalue weighted by Crippen LogP contribution is 2.40. The van der Waals surface area contributed by atoms with E-state index in [4.69, 9.17) is 21.1 Å². The summed E-state index contributed by atoms with van der Waals surface area (Å²) in [6, 6.07) is 12.0. The Hall–Kier alpha value is -3.14. The van der Waals surface area contributed by atoms with Crippen molar-refractivity contribution in [2.45, 2.75) is 56.5 Å². The van der Waals surface area contributed by atoms with Crippen LogP contribution in [0.1, 0.15) is 54.4 Å². The van der Waals surface area contributed by atoms with Gasteiger partial charge in [-0.2, -0.15) is 0 Å². The number of benzene rings is 2. The SMILES string of the molecule is COc1c(C(=O)N2CCC(C(=O)NC3CCN(C)CC3)(c3ccc(F)cc3)CC2)c2cc(Cl)ccc2n1CC1CCOCC1. The predicted octanol–water partition coefficient (Wildman–Crippen LogP) is 5.25.